The van der Waals surface area contributed by atoms with E-state index in [0.717, 1.165) is 11.3 Å². The zero-order valence-electron chi connectivity index (χ0n) is 12.7. The Morgan fingerprint density at radius 3 is 2.55 bits per heavy atom. The average molecular weight is 301 g/mol. The van der Waals surface area contributed by atoms with Crippen molar-refractivity contribution in [1.29, 1.82) is 0 Å². The van der Waals surface area contributed by atoms with Gasteiger partial charge >= 0.3 is 5.97 Å². The molecule has 0 aliphatic carbocycles. The van der Waals surface area contributed by atoms with Crippen molar-refractivity contribution >= 4 is 5.97 Å². The largest absolute Gasteiger partial charge is 0.493 e. The number of para-hydroxylation sites is 1. The molecule has 0 unspecified atom stereocenters. The van der Waals surface area contributed by atoms with Crippen LogP contribution in [0.3, 0.4) is 0 Å². The van der Waals surface area contributed by atoms with Gasteiger partial charge in [0, 0.05) is 17.7 Å². The molecule has 2 aromatic rings. The number of carbonyl (C=O) groups is 1. The molecule has 116 valence electrons. The lowest BCUT2D eigenvalue weighted by Crippen LogP contribution is -2.26. The SMILES string of the molecule is CCOc1ccccc1-c1ccc(CC(=O)O)c(=O)n1CC. The van der Waals surface area contributed by atoms with E-state index in [1.54, 1.807) is 16.7 Å². The topological polar surface area (TPSA) is 68.5 Å². The van der Waals surface area contributed by atoms with E-state index in [1.807, 2.05) is 38.1 Å². The van der Waals surface area contributed by atoms with E-state index in [-0.39, 0.29) is 17.5 Å². The van der Waals surface area contributed by atoms with Crippen molar-refractivity contribution in [2.45, 2.75) is 26.8 Å². The summed E-state index contributed by atoms with van der Waals surface area (Å²) in [5, 5.41) is 8.89. The molecule has 1 heterocycles. The zero-order valence-corrected chi connectivity index (χ0v) is 12.7. The van der Waals surface area contributed by atoms with Gasteiger partial charge < -0.3 is 14.4 Å². The summed E-state index contributed by atoms with van der Waals surface area (Å²) in [4.78, 5) is 23.3. The molecule has 1 aromatic heterocycles. The van der Waals surface area contributed by atoms with Crippen molar-refractivity contribution in [3.05, 3.63) is 52.3 Å². The number of aromatic nitrogens is 1. The van der Waals surface area contributed by atoms with E-state index in [2.05, 4.69) is 0 Å². The first-order chi connectivity index (χ1) is 10.6. The summed E-state index contributed by atoms with van der Waals surface area (Å²) in [7, 11) is 0. The van der Waals surface area contributed by atoms with Crippen LogP contribution >= 0.6 is 0 Å². The molecular formula is C17H19NO4. The smallest absolute Gasteiger partial charge is 0.308 e. The lowest BCUT2D eigenvalue weighted by molar-refractivity contribution is -0.136. The lowest BCUT2D eigenvalue weighted by Gasteiger charge is -2.15. The minimum absolute atomic E-state index is 0.270. The number of hydrogen-bond donors (Lipinski definition) is 1. The van der Waals surface area contributed by atoms with Gasteiger partial charge in [-0.1, -0.05) is 18.2 Å². The van der Waals surface area contributed by atoms with Gasteiger partial charge in [-0.15, -0.1) is 0 Å². The van der Waals surface area contributed by atoms with Crippen molar-refractivity contribution in [3.63, 3.8) is 0 Å². The van der Waals surface area contributed by atoms with E-state index < -0.39 is 5.97 Å². The Hall–Kier alpha value is -2.56. The maximum Gasteiger partial charge on any atom is 0.308 e. The van der Waals surface area contributed by atoms with Crippen LogP contribution in [0.15, 0.2) is 41.2 Å². The molecule has 0 amide bonds. The highest BCUT2D eigenvalue weighted by atomic mass is 16.5. The molecule has 0 aliphatic rings. The van der Waals surface area contributed by atoms with Crippen LogP contribution in [0.5, 0.6) is 5.75 Å². The highest BCUT2D eigenvalue weighted by molar-refractivity contribution is 5.71. The molecule has 5 heteroatoms. The Morgan fingerprint density at radius 2 is 1.91 bits per heavy atom. The molecule has 0 spiro atoms. The maximum absolute atomic E-state index is 12.5. The van der Waals surface area contributed by atoms with Gasteiger partial charge in [-0.3, -0.25) is 9.59 Å². The summed E-state index contributed by atoms with van der Waals surface area (Å²) in [5.74, 6) is -0.306. The van der Waals surface area contributed by atoms with Crippen LogP contribution in [0.2, 0.25) is 0 Å². The van der Waals surface area contributed by atoms with Crippen LogP contribution in [0.4, 0.5) is 0 Å². The number of aliphatic carboxylic acids is 1. The van der Waals surface area contributed by atoms with Crippen molar-refractivity contribution < 1.29 is 14.6 Å². The second kappa shape index (κ2) is 6.93. The Morgan fingerprint density at radius 1 is 1.18 bits per heavy atom. The summed E-state index contributed by atoms with van der Waals surface area (Å²) >= 11 is 0. The van der Waals surface area contributed by atoms with Crippen molar-refractivity contribution in [2.24, 2.45) is 0 Å². The van der Waals surface area contributed by atoms with Gasteiger partial charge in [0.05, 0.1) is 18.7 Å². The molecule has 22 heavy (non-hydrogen) atoms. The summed E-state index contributed by atoms with van der Waals surface area (Å²) in [5.41, 5.74) is 1.57. The first-order valence-corrected chi connectivity index (χ1v) is 7.25. The highest BCUT2D eigenvalue weighted by Gasteiger charge is 2.14. The fraction of sp³-hybridized carbons (Fsp3) is 0.294. The van der Waals surface area contributed by atoms with Gasteiger partial charge in [-0.05, 0) is 32.0 Å². The minimum atomic E-state index is -1.01. The number of benzene rings is 1. The van der Waals surface area contributed by atoms with Crippen molar-refractivity contribution in [1.82, 2.24) is 4.57 Å². The van der Waals surface area contributed by atoms with Gasteiger partial charge in [0.2, 0.25) is 0 Å². The van der Waals surface area contributed by atoms with Gasteiger partial charge in [0.25, 0.3) is 5.56 Å². The third kappa shape index (κ3) is 3.19. The Labute approximate surface area is 128 Å². The van der Waals surface area contributed by atoms with Crippen molar-refractivity contribution in [3.8, 4) is 17.0 Å². The molecule has 0 saturated carbocycles. The standard InChI is InChI=1S/C17H19NO4/c1-3-18-14(10-9-12(17(18)21)11-16(19)20)13-7-5-6-8-15(13)22-4-2/h5-10H,3-4,11H2,1-2H3,(H,19,20). The van der Waals surface area contributed by atoms with E-state index in [4.69, 9.17) is 9.84 Å². The molecule has 0 radical (unpaired) electrons. The molecule has 0 aliphatic heterocycles. The third-order valence-electron chi connectivity index (χ3n) is 3.37. The van der Waals surface area contributed by atoms with Crippen LogP contribution in [-0.4, -0.2) is 22.2 Å². The lowest BCUT2D eigenvalue weighted by atomic mass is 10.1. The van der Waals surface area contributed by atoms with Crippen LogP contribution in [-0.2, 0) is 17.8 Å². The number of carboxylic acids is 1. The first kappa shape index (κ1) is 15.8. The molecule has 5 nitrogen and oxygen atoms in total. The number of nitrogens with zero attached hydrogens (tertiary/aromatic N) is 1. The first-order valence-electron chi connectivity index (χ1n) is 7.25. The second-order valence-corrected chi connectivity index (χ2v) is 4.79. The molecule has 2 rings (SSSR count). The monoisotopic (exact) mass is 301 g/mol. The van der Waals surface area contributed by atoms with Gasteiger partial charge in [-0.25, -0.2) is 0 Å². The van der Waals surface area contributed by atoms with Crippen LogP contribution in [0.1, 0.15) is 19.4 Å². The summed E-state index contributed by atoms with van der Waals surface area (Å²) in [6, 6.07) is 10.9. The number of carboxylic acid groups (broad SMARTS) is 1. The summed E-state index contributed by atoms with van der Waals surface area (Å²) in [6.07, 6.45) is -0.272. The molecule has 0 bridgehead atoms. The fourth-order valence-corrected chi connectivity index (χ4v) is 2.43. The minimum Gasteiger partial charge on any atom is -0.493 e. The molecular weight excluding hydrogens is 282 g/mol. The highest BCUT2D eigenvalue weighted by Crippen LogP contribution is 2.29. The van der Waals surface area contributed by atoms with Crippen LogP contribution in [0.25, 0.3) is 11.3 Å². The Bertz CT molecular complexity index is 734. The molecule has 0 saturated heterocycles. The van der Waals surface area contributed by atoms with E-state index >= 15 is 0 Å². The number of hydrogen-bond acceptors (Lipinski definition) is 3. The Kier molecular flexibility index (Phi) is 4.99. The molecule has 1 N–H and O–H groups in total. The Balaban J connectivity index is 2.60. The van der Waals surface area contributed by atoms with Crippen LogP contribution < -0.4 is 10.3 Å². The predicted molar refractivity (Wildman–Crippen MR) is 84.3 cm³/mol. The molecule has 0 fully saturated rings. The fourth-order valence-electron chi connectivity index (χ4n) is 2.43. The molecule has 0 atom stereocenters. The third-order valence-corrected chi connectivity index (χ3v) is 3.37. The van der Waals surface area contributed by atoms with Crippen molar-refractivity contribution in [2.75, 3.05) is 6.61 Å². The number of rotatable bonds is 6. The van der Waals surface area contributed by atoms with Gasteiger partial charge in [-0.2, -0.15) is 0 Å². The summed E-state index contributed by atoms with van der Waals surface area (Å²) in [6.45, 7) is 4.75. The van der Waals surface area contributed by atoms with Crippen LogP contribution in [0, 0.1) is 0 Å². The zero-order chi connectivity index (χ0) is 16.1. The normalized spacial score (nSPS) is 10.5. The van der Waals surface area contributed by atoms with Gasteiger partial charge in [0.1, 0.15) is 5.75 Å². The quantitative estimate of drug-likeness (QED) is 0.890. The maximum atomic E-state index is 12.5. The predicted octanol–water partition coefficient (Wildman–Crippen LogP) is 2.56. The van der Waals surface area contributed by atoms with Gasteiger partial charge in [0.15, 0.2) is 0 Å². The second-order valence-electron chi connectivity index (χ2n) is 4.79. The van der Waals surface area contributed by atoms with E-state index in [9.17, 15) is 9.59 Å². The summed E-state index contributed by atoms with van der Waals surface area (Å²) < 4.78 is 7.20. The number of pyridine rings is 1. The van der Waals surface area contributed by atoms with E-state index in [1.165, 1.54) is 0 Å². The van der Waals surface area contributed by atoms with E-state index in [0.29, 0.717) is 18.9 Å². The number of ether oxygens (including phenoxy) is 1. The average Bonchev–Trinajstić information content (AvgIpc) is 2.50. The molecule has 1 aromatic carbocycles.